The smallest absolute Gasteiger partial charge is 0.326 e. The van der Waals surface area contributed by atoms with E-state index in [0.29, 0.717) is 18.0 Å². The van der Waals surface area contributed by atoms with Crippen molar-refractivity contribution in [1.29, 1.82) is 0 Å². The number of ether oxygens (including phenoxy) is 1. The van der Waals surface area contributed by atoms with E-state index < -0.39 is 0 Å². The van der Waals surface area contributed by atoms with E-state index in [0.717, 1.165) is 11.3 Å². The van der Waals surface area contributed by atoms with Crippen molar-refractivity contribution in [2.24, 2.45) is 5.73 Å². The average Bonchev–Trinajstić information content (AvgIpc) is 2.54. The molecule has 2 amide bonds. The van der Waals surface area contributed by atoms with Crippen LogP contribution in [0.3, 0.4) is 0 Å². The Morgan fingerprint density at radius 2 is 2.00 bits per heavy atom. The lowest BCUT2D eigenvalue weighted by Gasteiger charge is -2.19. The Morgan fingerprint density at radius 3 is 2.71 bits per heavy atom. The maximum Gasteiger partial charge on any atom is 0.326 e. The number of nitrogens with one attached hydrogen (secondary N) is 1. The zero-order valence-electron chi connectivity index (χ0n) is 12.2. The highest BCUT2D eigenvalue weighted by Gasteiger charge is 2.13. The highest BCUT2D eigenvalue weighted by molar-refractivity contribution is 6.02. The number of anilines is 2. The van der Waals surface area contributed by atoms with Crippen LogP contribution in [0.4, 0.5) is 16.2 Å². The predicted octanol–water partition coefficient (Wildman–Crippen LogP) is 2.82. The first-order valence-corrected chi connectivity index (χ1v) is 6.62. The molecule has 5 heteroatoms. The molecule has 5 nitrogen and oxygen atoms in total. The topological polar surface area (TPSA) is 67.6 Å². The molecule has 0 fully saturated rings. The fourth-order valence-corrected chi connectivity index (χ4v) is 1.96. The van der Waals surface area contributed by atoms with Gasteiger partial charge in [0, 0.05) is 19.3 Å². The molecule has 0 atom stereocenters. The third kappa shape index (κ3) is 3.52. The largest absolute Gasteiger partial charge is 0.495 e. The van der Waals surface area contributed by atoms with Gasteiger partial charge in [-0.25, -0.2) is 4.79 Å². The number of carbonyl (C=O) groups excluding carboxylic acids is 1. The molecular formula is C16H19N3O2. The molecule has 0 saturated heterocycles. The van der Waals surface area contributed by atoms with Gasteiger partial charge in [-0.3, -0.25) is 4.90 Å². The zero-order chi connectivity index (χ0) is 15.2. The van der Waals surface area contributed by atoms with Crippen molar-refractivity contribution < 1.29 is 9.53 Å². The van der Waals surface area contributed by atoms with Gasteiger partial charge in [-0.2, -0.15) is 0 Å². The highest BCUT2D eigenvalue weighted by Crippen LogP contribution is 2.24. The normalized spacial score (nSPS) is 10.0. The predicted molar refractivity (Wildman–Crippen MR) is 84.7 cm³/mol. The van der Waals surface area contributed by atoms with E-state index in [1.54, 1.807) is 26.3 Å². The monoisotopic (exact) mass is 285 g/mol. The lowest BCUT2D eigenvalue weighted by molar-refractivity contribution is 0.258. The summed E-state index contributed by atoms with van der Waals surface area (Å²) in [6.07, 6.45) is 0. The molecule has 0 aliphatic carbocycles. The van der Waals surface area contributed by atoms with E-state index in [1.165, 1.54) is 4.90 Å². The van der Waals surface area contributed by atoms with Crippen LogP contribution in [0.15, 0.2) is 48.5 Å². The van der Waals surface area contributed by atoms with Crippen molar-refractivity contribution in [1.82, 2.24) is 0 Å². The van der Waals surface area contributed by atoms with E-state index in [9.17, 15) is 4.79 Å². The molecule has 2 aromatic carbocycles. The second kappa shape index (κ2) is 6.76. The molecule has 2 aromatic rings. The van der Waals surface area contributed by atoms with Gasteiger partial charge in [-0.1, -0.05) is 24.3 Å². The van der Waals surface area contributed by atoms with Crippen LogP contribution < -0.4 is 20.7 Å². The van der Waals surface area contributed by atoms with Crippen LogP contribution >= 0.6 is 0 Å². The quantitative estimate of drug-likeness (QED) is 0.907. The number of amides is 2. The van der Waals surface area contributed by atoms with Gasteiger partial charge < -0.3 is 15.8 Å². The van der Waals surface area contributed by atoms with Crippen molar-refractivity contribution in [2.75, 3.05) is 24.4 Å². The number of para-hydroxylation sites is 2. The van der Waals surface area contributed by atoms with Gasteiger partial charge in [-0.05, 0) is 29.8 Å². The Kier molecular flexibility index (Phi) is 4.79. The van der Waals surface area contributed by atoms with Crippen LogP contribution in [0.1, 0.15) is 5.56 Å². The first kappa shape index (κ1) is 14.9. The van der Waals surface area contributed by atoms with Crippen LogP contribution in [0.25, 0.3) is 0 Å². The SMILES string of the molecule is COc1ccccc1NC(=O)N(C)c1cccc(CN)c1. The van der Waals surface area contributed by atoms with Gasteiger partial charge in [0.15, 0.2) is 0 Å². The molecule has 0 aliphatic heterocycles. The maximum absolute atomic E-state index is 12.3. The average molecular weight is 285 g/mol. The van der Waals surface area contributed by atoms with Crippen LogP contribution in [0.2, 0.25) is 0 Å². The lowest BCUT2D eigenvalue weighted by atomic mass is 10.2. The number of urea groups is 1. The molecule has 2 rings (SSSR count). The minimum Gasteiger partial charge on any atom is -0.495 e. The summed E-state index contributed by atoms with van der Waals surface area (Å²) in [6, 6.07) is 14.6. The number of nitrogens with two attached hydrogens (primary N) is 1. The third-order valence-corrected chi connectivity index (χ3v) is 3.19. The maximum atomic E-state index is 12.3. The van der Waals surface area contributed by atoms with Crippen molar-refractivity contribution >= 4 is 17.4 Å². The Hall–Kier alpha value is -2.53. The molecule has 0 saturated carbocycles. The van der Waals surface area contributed by atoms with Crippen LogP contribution in [-0.2, 0) is 6.54 Å². The summed E-state index contributed by atoms with van der Waals surface area (Å²) in [5, 5.41) is 2.83. The summed E-state index contributed by atoms with van der Waals surface area (Å²) >= 11 is 0. The van der Waals surface area contributed by atoms with Crippen LogP contribution in [-0.4, -0.2) is 20.2 Å². The van der Waals surface area contributed by atoms with Gasteiger partial charge in [-0.15, -0.1) is 0 Å². The van der Waals surface area contributed by atoms with Gasteiger partial charge >= 0.3 is 6.03 Å². The number of hydrogen-bond acceptors (Lipinski definition) is 3. The standard InChI is InChI=1S/C16H19N3O2/c1-19(13-7-5-6-12(10-13)11-17)16(20)18-14-8-3-4-9-15(14)21-2/h3-10H,11,17H2,1-2H3,(H,18,20). The molecule has 0 radical (unpaired) electrons. The number of hydrogen-bond donors (Lipinski definition) is 2. The first-order chi connectivity index (χ1) is 10.2. The van der Waals surface area contributed by atoms with Gasteiger partial charge in [0.25, 0.3) is 0 Å². The van der Waals surface area contributed by atoms with E-state index in [1.807, 2.05) is 36.4 Å². The van der Waals surface area contributed by atoms with E-state index in [4.69, 9.17) is 10.5 Å². The lowest BCUT2D eigenvalue weighted by Crippen LogP contribution is -2.31. The second-order valence-electron chi connectivity index (χ2n) is 4.56. The second-order valence-corrected chi connectivity index (χ2v) is 4.56. The van der Waals surface area contributed by atoms with E-state index in [-0.39, 0.29) is 6.03 Å². The Labute approximate surface area is 124 Å². The summed E-state index contributed by atoms with van der Waals surface area (Å²) in [5.74, 6) is 0.620. The van der Waals surface area contributed by atoms with Crippen molar-refractivity contribution in [3.63, 3.8) is 0 Å². The molecule has 21 heavy (non-hydrogen) atoms. The summed E-state index contributed by atoms with van der Waals surface area (Å²) in [7, 11) is 3.28. The summed E-state index contributed by atoms with van der Waals surface area (Å²) in [4.78, 5) is 13.8. The Bertz CT molecular complexity index is 628. The number of carbonyl (C=O) groups is 1. The van der Waals surface area contributed by atoms with Crippen molar-refractivity contribution in [2.45, 2.75) is 6.54 Å². The van der Waals surface area contributed by atoms with Gasteiger partial charge in [0.05, 0.1) is 12.8 Å². The summed E-state index contributed by atoms with van der Waals surface area (Å²) in [6.45, 7) is 0.440. The molecule has 0 unspecified atom stereocenters. The summed E-state index contributed by atoms with van der Waals surface area (Å²) < 4.78 is 5.22. The molecule has 110 valence electrons. The Morgan fingerprint density at radius 1 is 1.24 bits per heavy atom. The molecule has 3 N–H and O–H groups in total. The number of methoxy groups -OCH3 is 1. The minimum atomic E-state index is -0.242. The third-order valence-electron chi connectivity index (χ3n) is 3.19. The zero-order valence-corrected chi connectivity index (χ0v) is 12.2. The molecule has 0 spiro atoms. The number of rotatable bonds is 4. The minimum absolute atomic E-state index is 0.242. The first-order valence-electron chi connectivity index (χ1n) is 6.62. The number of benzene rings is 2. The van der Waals surface area contributed by atoms with E-state index >= 15 is 0 Å². The Balaban J connectivity index is 2.15. The van der Waals surface area contributed by atoms with Crippen LogP contribution in [0.5, 0.6) is 5.75 Å². The molecular weight excluding hydrogens is 266 g/mol. The highest BCUT2D eigenvalue weighted by atomic mass is 16.5. The molecule has 0 bridgehead atoms. The van der Waals surface area contributed by atoms with E-state index in [2.05, 4.69) is 5.32 Å². The molecule has 0 heterocycles. The fourth-order valence-electron chi connectivity index (χ4n) is 1.96. The van der Waals surface area contributed by atoms with Gasteiger partial charge in [0.2, 0.25) is 0 Å². The molecule has 0 aromatic heterocycles. The fraction of sp³-hybridized carbons (Fsp3) is 0.188. The summed E-state index contributed by atoms with van der Waals surface area (Å²) in [5.41, 5.74) is 8.01. The van der Waals surface area contributed by atoms with Crippen molar-refractivity contribution in [3.05, 3.63) is 54.1 Å². The number of nitrogens with zero attached hydrogens (tertiary/aromatic N) is 1. The van der Waals surface area contributed by atoms with Gasteiger partial charge in [0.1, 0.15) is 5.75 Å². The van der Waals surface area contributed by atoms with Crippen LogP contribution in [0, 0.1) is 0 Å². The molecule has 0 aliphatic rings. The van der Waals surface area contributed by atoms with Crippen molar-refractivity contribution in [3.8, 4) is 5.75 Å².